The first kappa shape index (κ1) is 21.3. The van der Waals surface area contributed by atoms with Crippen molar-refractivity contribution in [2.45, 2.75) is 19.4 Å². The minimum Gasteiger partial charge on any atom is -0.465 e. The number of aryl methyl sites for hydroxylation is 1. The maximum absolute atomic E-state index is 12.2. The van der Waals surface area contributed by atoms with Crippen molar-refractivity contribution >= 4 is 29.2 Å². The molecule has 0 fully saturated rings. The zero-order valence-electron chi connectivity index (χ0n) is 16.3. The quantitative estimate of drug-likeness (QED) is 0.582. The van der Waals surface area contributed by atoms with E-state index < -0.39 is 5.97 Å². The van der Waals surface area contributed by atoms with E-state index in [1.54, 1.807) is 42.5 Å². The summed E-state index contributed by atoms with van der Waals surface area (Å²) < 4.78 is 5.99. The number of benzene rings is 2. The third-order valence-electron chi connectivity index (χ3n) is 4.37. The van der Waals surface area contributed by atoms with Gasteiger partial charge >= 0.3 is 5.97 Å². The van der Waals surface area contributed by atoms with E-state index in [0.717, 1.165) is 5.56 Å². The summed E-state index contributed by atoms with van der Waals surface area (Å²) in [5.74, 6) is -0.630. The smallest absolute Gasteiger partial charge is 0.337 e. The fourth-order valence-electron chi connectivity index (χ4n) is 2.80. The van der Waals surface area contributed by atoms with E-state index in [2.05, 4.69) is 15.2 Å². The van der Waals surface area contributed by atoms with Crippen LogP contribution in [0.2, 0.25) is 5.02 Å². The molecule has 0 radical (unpaired) electrons. The lowest BCUT2D eigenvalue weighted by Gasteiger charge is -2.08. The number of hydrogen-bond donors (Lipinski definition) is 1. The molecule has 3 rings (SSSR count). The SMILES string of the molecule is COC(=O)c1ccc(NC(=O)CCCn2nc(-c3ccc(Cl)cc3)ccc2=O)cc1. The fraction of sp³-hybridized carbons (Fsp3) is 0.182. The van der Waals surface area contributed by atoms with Gasteiger partial charge in [-0.2, -0.15) is 5.10 Å². The Bertz CT molecular complexity index is 1090. The molecule has 0 bridgehead atoms. The van der Waals surface area contributed by atoms with Crippen LogP contribution in [0.1, 0.15) is 23.2 Å². The van der Waals surface area contributed by atoms with Crippen LogP contribution in [0.5, 0.6) is 0 Å². The lowest BCUT2D eigenvalue weighted by atomic mass is 10.1. The molecular weight excluding hydrogens is 406 g/mol. The van der Waals surface area contributed by atoms with Crippen LogP contribution in [0.15, 0.2) is 65.5 Å². The van der Waals surface area contributed by atoms with Crippen molar-refractivity contribution in [3.63, 3.8) is 0 Å². The molecule has 0 aliphatic heterocycles. The summed E-state index contributed by atoms with van der Waals surface area (Å²) in [4.78, 5) is 35.7. The Hall–Kier alpha value is -3.45. The number of methoxy groups -OCH3 is 1. The maximum Gasteiger partial charge on any atom is 0.337 e. The molecule has 0 unspecified atom stereocenters. The van der Waals surface area contributed by atoms with Crippen molar-refractivity contribution in [1.82, 2.24) is 9.78 Å². The van der Waals surface area contributed by atoms with Crippen LogP contribution in [0.25, 0.3) is 11.3 Å². The minimum atomic E-state index is -0.438. The molecule has 3 aromatic rings. The predicted octanol–water partition coefficient (Wildman–Crippen LogP) is 3.77. The number of ether oxygens (including phenoxy) is 1. The number of amides is 1. The largest absolute Gasteiger partial charge is 0.465 e. The Balaban J connectivity index is 1.56. The van der Waals surface area contributed by atoms with Crippen LogP contribution in [0, 0.1) is 0 Å². The zero-order chi connectivity index (χ0) is 21.5. The summed E-state index contributed by atoms with van der Waals surface area (Å²) in [6.45, 7) is 0.314. The maximum atomic E-state index is 12.2. The first-order valence-electron chi connectivity index (χ1n) is 9.28. The molecule has 0 atom stereocenters. The van der Waals surface area contributed by atoms with Crippen molar-refractivity contribution < 1.29 is 14.3 Å². The minimum absolute atomic E-state index is 0.192. The number of hydrogen-bond acceptors (Lipinski definition) is 5. The van der Waals surface area contributed by atoms with Gasteiger partial charge in [-0.05, 0) is 48.9 Å². The second kappa shape index (κ2) is 9.84. The van der Waals surface area contributed by atoms with Crippen molar-refractivity contribution in [3.05, 3.63) is 81.6 Å². The molecule has 0 aliphatic carbocycles. The van der Waals surface area contributed by atoms with Gasteiger partial charge in [-0.3, -0.25) is 9.59 Å². The molecule has 0 aliphatic rings. The van der Waals surface area contributed by atoms with Crippen molar-refractivity contribution in [3.8, 4) is 11.3 Å². The van der Waals surface area contributed by atoms with Crippen LogP contribution in [0.4, 0.5) is 5.69 Å². The first-order chi connectivity index (χ1) is 14.5. The Morgan fingerprint density at radius 3 is 2.40 bits per heavy atom. The molecule has 1 heterocycles. The highest BCUT2D eigenvalue weighted by atomic mass is 35.5. The Kier molecular flexibility index (Phi) is 6.98. The van der Waals surface area contributed by atoms with Gasteiger partial charge < -0.3 is 10.1 Å². The highest BCUT2D eigenvalue weighted by Crippen LogP contribution is 2.18. The third-order valence-corrected chi connectivity index (χ3v) is 4.62. The van der Waals surface area contributed by atoms with Crippen LogP contribution >= 0.6 is 11.6 Å². The monoisotopic (exact) mass is 425 g/mol. The zero-order valence-corrected chi connectivity index (χ0v) is 17.1. The van der Waals surface area contributed by atoms with E-state index in [-0.39, 0.29) is 17.9 Å². The number of carbonyl (C=O) groups excluding carboxylic acids is 2. The van der Waals surface area contributed by atoms with Gasteiger partial charge in [0.2, 0.25) is 5.91 Å². The van der Waals surface area contributed by atoms with Crippen LogP contribution in [-0.2, 0) is 16.1 Å². The van der Waals surface area contributed by atoms with Gasteiger partial charge in [-0.25, -0.2) is 9.48 Å². The first-order valence-corrected chi connectivity index (χ1v) is 9.66. The van der Waals surface area contributed by atoms with Crippen molar-refractivity contribution in [2.24, 2.45) is 0 Å². The van der Waals surface area contributed by atoms with Crippen LogP contribution in [-0.4, -0.2) is 28.8 Å². The number of nitrogens with one attached hydrogen (secondary N) is 1. The molecule has 2 aromatic carbocycles. The Labute approximate surface area is 178 Å². The van der Waals surface area contributed by atoms with Gasteiger partial charge in [0.1, 0.15) is 0 Å². The molecule has 30 heavy (non-hydrogen) atoms. The van der Waals surface area contributed by atoms with E-state index in [9.17, 15) is 14.4 Å². The van der Waals surface area contributed by atoms with Crippen molar-refractivity contribution in [2.75, 3.05) is 12.4 Å². The molecule has 0 saturated heterocycles. The number of rotatable bonds is 7. The lowest BCUT2D eigenvalue weighted by Crippen LogP contribution is -2.23. The molecule has 0 spiro atoms. The Morgan fingerprint density at radius 1 is 1.03 bits per heavy atom. The summed E-state index contributed by atoms with van der Waals surface area (Å²) in [5, 5.41) is 7.75. The summed E-state index contributed by atoms with van der Waals surface area (Å²) in [6, 6.07) is 16.7. The summed E-state index contributed by atoms with van der Waals surface area (Å²) >= 11 is 5.91. The lowest BCUT2D eigenvalue weighted by molar-refractivity contribution is -0.116. The Morgan fingerprint density at radius 2 is 1.73 bits per heavy atom. The number of aromatic nitrogens is 2. The number of nitrogens with zero attached hydrogens (tertiary/aromatic N) is 2. The predicted molar refractivity (Wildman–Crippen MR) is 115 cm³/mol. The number of anilines is 1. The second-order valence-corrected chi connectivity index (χ2v) is 6.94. The van der Waals surface area contributed by atoms with Crippen LogP contribution < -0.4 is 10.9 Å². The summed E-state index contributed by atoms with van der Waals surface area (Å²) in [6.07, 6.45) is 0.668. The van der Waals surface area contributed by atoms with E-state index in [1.807, 2.05) is 12.1 Å². The standard InChI is InChI=1S/C22H20ClN3O4/c1-30-22(29)16-6-10-18(11-7-16)24-20(27)3-2-14-26-21(28)13-12-19(25-26)15-4-8-17(23)9-5-15/h4-13H,2-3,14H2,1H3,(H,24,27). The molecule has 1 amide bonds. The van der Waals surface area contributed by atoms with Gasteiger partial charge in [0, 0.05) is 35.3 Å². The van der Waals surface area contributed by atoms with Gasteiger partial charge in [0.05, 0.1) is 18.4 Å². The van der Waals surface area contributed by atoms with Gasteiger partial charge in [-0.1, -0.05) is 23.7 Å². The molecular formula is C22H20ClN3O4. The summed E-state index contributed by atoms with van der Waals surface area (Å²) in [5.41, 5.74) is 2.25. The van der Waals surface area contributed by atoms with E-state index in [1.165, 1.54) is 17.9 Å². The van der Waals surface area contributed by atoms with Gasteiger partial charge in [0.15, 0.2) is 0 Å². The third kappa shape index (κ3) is 5.55. The van der Waals surface area contributed by atoms with Gasteiger partial charge in [-0.15, -0.1) is 0 Å². The number of carbonyl (C=O) groups is 2. The number of esters is 1. The highest BCUT2D eigenvalue weighted by molar-refractivity contribution is 6.30. The molecule has 154 valence electrons. The van der Waals surface area contributed by atoms with E-state index >= 15 is 0 Å². The van der Waals surface area contributed by atoms with E-state index in [0.29, 0.717) is 34.9 Å². The second-order valence-electron chi connectivity index (χ2n) is 6.51. The number of halogens is 1. The normalized spacial score (nSPS) is 10.5. The molecule has 7 nitrogen and oxygen atoms in total. The summed E-state index contributed by atoms with van der Waals surface area (Å²) in [7, 11) is 1.31. The molecule has 0 saturated carbocycles. The fourth-order valence-corrected chi connectivity index (χ4v) is 2.93. The molecule has 1 aromatic heterocycles. The topological polar surface area (TPSA) is 90.3 Å². The highest BCUT2D eigenvalue weighted by Gasteiger charge is 2.08. The van der Waals surface area contributed by atoms with Gasteiger partial charge in [0.25, 0.3) is 5.56 Å². The van der Waals surface area contributed by atoms with Crippen molar-refractivity contribution in [1.29, 1.82) is 0 Å². The molecule has 1 N–H and O–H groups in total. The van der Waals surface area contributed by atoms with E-state index in [4.69, 9.17) is 11.6 Å². The average molecular weight is 426 g/mol. The molecule has 8 heteroatoms. The average Bonchev–Trinajstić information content (AvgIpc) is 2.75. The van der Waals surface area contributed by atoms with Crippen LogP contribution in [0.3, 0.4) is 0 Å².